The first-order chi connectivity index (χ1) is 11.7. The van der Waals surface area contributed by atoms with Crippen LogP contribution in [0.4, 0.5) is 0 Å². The highest BCUT2D eigenvalue weighted by Crippen LogP contribution is 2.38. The lowest BCUT2D eigenvalue weighted by Crippen LogP contribution is -2.05. The third-order valence-corrected chi connectivity index (χ3v) is 4.16. The van der Waals surface area contributed by atoms with Gasteiger partial charge in [-0.25, -0.2) is 0 Å². The summed E-state index contributed by atoms with van der Waals surface area (Å²) in [5.74, 6) is 0.262. The lowest BCUT2D eigenvalue weighted by atomic mass is 10.0. The second kappa shape index (κ2) is 5.42. The summed E-state index contributed by atoms with van der Waals surface area (Å²) in [6.45, 7) is 0. The Morgan fingerprint density at radius 2 is 1.71 bits per heavy atom. The third-order valence-electron chi connectivity index (χ3n) is 4.16. The van der Waals surface area contributed by atoms with Crippen LogP contribution in [0, 0.1) is 0 Å². The molecule has 0 aliphatic rings. The van der Waals surface area contributed by atoms with Crippen LogP contribution in [-0.4, -0.2) is 12.2 Å². The molecule has 3 aromatic carbocycles. The van der Waals surface area contributed by atoms with E-state index in [2.05, 4.69) is 0 Å². The zero-order valence-corrected chi connectivity index (χ0v) is 12.9. The first kappa shape index (κ1) is 14.3. The number of methoxy groups -OCH3 is 1. The summed E-state index contributed by atoms with van der Waals surface area (Å²) in [5.41, 5.74) is 1.47. The van der Waals surface area contributed by atoms with E-state index in [0.29, 0.717) is 27.7 Å². The van der Waals surface area contributed by atoms with E-state index in [1.807, 2.05) is 42.5 Å². The number of aromatic hydroxyl groups is 1. The minimum Gasteiger partial charge on any atom is -0.504 e. The molecular weight excluding hydrogens is 304 g/mol. The Labute approximate surface area is 137 Å². The van der Waals surface area contributed by atoms with Gasteiger partial charge in [0.15, 0.2) is 11.5 Å². The van der Waals surface area contributed by atoms with Crippen molar-refractivity contribution >= 4 is 21.7 Å². The van der Waals surface area contributed by atoms with Gasteiger partial charge in [-0.3, -0.25) is 4.79 Å². The summed E-state index contributed by atoms with van der Waals surface area (Å²) in [5, 5.41) is 12.1. The highest BCUT2D eigenvalue weighted by Gasteiger charge is 2.16. The number of benzene rings is 3. The van der Waals surface area contributed by atoms with E-state index in [-0.39, 0.29) is 11.2 Å². The maximum absolute atomic E-state index is 13.1. The Bertz CT molecular complexity index is 1110. The fourth-order valence-corrected chi connectivity index (χ4v) is 2.98. The molecule has 4 nitrogen and oxygen atoms in total. The molecule has 0 saturated carbocycles. The molecule has 1 heterocycles. The summed E-state index contributed by atoms with van der Waals surface area (Å²) >= 11 is 0. The average Bonchev–Trinajstić information content (AvgIpc) is 2.63. The highest BCUT2D eigenvalue weighted by molar-refractivity contribution is 6.10. The molecule has 0 amide bonds. The van der Waals surface area contributed by atoms with Gasteiger partial charge < -0.3 is 14.3 Å². The fraction of sp³-hybridized carbons (Fsp3) is 0.0500. The topological polar surface area (TPSA) is 59.7 Å². The molecule has 4 aromatic rings. The maximum Gasteiger partial charge on any atom is 0.201 e. The molecule has 0 aliphatic heterocycles. The second-order valence-electron chi connectivity index (χ2n) is 5.50. The molecule has 0 bridgehead atoms. The summed E-state index contributed by atoms with van der Waals surface area (Å²) in [6, 6.07) is 16.3. The monoisotopic (exact) mass is 318 g/mol. The molecular formula is C20H14O4. The number of hydrogen-bond donors (Lipinski definition) is 1. The summed E-state index contributed by atoms with van der Waals surface area (Å²) in [7, 11) is 1.48. The van der Waals surface area contributed by atoms with E-state index in [9.17, 15) is 9.90 Å². The molecule has 4 heteroatoms. The van der Waals surface area contributed by atoms with E-state index in [4.69, 9.17) is 9.15 Å². The van der Waals surface area contributed by atoms with Gasteiger partial charge in [-0.15, -0.1) is 0 Å². The van der Waals surface area contributed by atoms with Crippen molar-refractivity contribution in [1.29, 1.82) is 0 Å². The number of fused-ring (bicyclic) bond motifs is 3. The minimum atomic E-state index is -0.184. The third kappa shape index (κ3) is 2.04. The molecule has 4 rings (SSSR count). The van der Waals surface area contributed by atoms with Gasteiger partial charge in [0.05, 0.1) is 18.1 Å². The number of phenolic OH excluding ortho intramolecular Hbond substituents is 1. The lowest BCUT2D eigenvalue weighted by molar-refractivity contribution is 0.376. The van der Waals surface area contributed by atoms with Crippen molar-refractivity contribution in [3.63, 3.8) is 0 Å². The smallest absolute Gasteiger partial charge is 0.201 e. The van der Waals surface area contributed by atoms with Gasteiger partial charge in [-0.05, 0) is 23.1 Å². The van der Waals surface area contributed by atoms with Crippen molar-refractivity contribution in [3.8, 4) is 22.6 Å². The Hall–Kier alpha value is -3.27. The highest BCUT2D eigenvalue weighted by atomic mass is 16.5. The van der Waals surface area contributed by atoms with E-state index < -0.39 is 0 Å². The van der Waals surface area contributed by atoms with Gasteiger partial charge in [0, 0.05) is 5.39 Å². The van der Waals surface area contributed by atoms with Crippen molar-refractivity contribution in [2.45, 2.75) is 0 Å². The second-order valence-corrected chi connectivity index (χ2v) is 5.50. The van der Waals surface area contributed by atoms with Crippen LogP contribution >= 0.6 is 0 Å². The van der Waals surface area contributed by atoms with E-state index in [1.165, 1.54) is 13.4 Å². The largest absolute Gasteiger partial charge is 0.504 e. The lowest BCUT2D eigenvalue weighted by Gasteiger charge is -2.10. The summed E-state index contributed by atoms with van der Waals surface area (Å²) in [6.07, 6.45) is 1.46. The molecule has 24 heavy (non-hydrogen) atoms. The fourth-order valence-electron chi connectivity index (χ4n) is 2.98. The SMILES string of the molecule is COc1ccc2ccc3occ(-c4ccccc4)c(=O)c3c2c1O. The van der Waals surface area contributed by atoms with Crippen LogP contribution in [0.2, 0.25) is 0 Å². The van der Waals surface area contributed by atoms with Crippen molar-refractivity contribution < 1.29 is 14.3 Å². The zero-order valence-electron chi connectivity index (χ0n) is 12.9. The maximum atomic E-state index is 13.1. The molecule has 118 valence electrons. The Morgan fingerprint density at radius 3 is 2.46 bits per heavy atom. The molecule has 0 aliphatic carbocycles. The van der Waals surface area contributed by atoms with Crippen molar-refractivity contribution in [2.75, 3.05) is 7.11 Å². The molecule has 1 N–H and O–H groups in total. The van der Waals surface area contributed by atoms with Gasteiger partial charge in [-0.2, -0.15) is 0 Å². The van der Waals surface area contributed by atoms with E-state index in [1.54, 1.807) is 12.1 Å². The van der Waals surface area contributed by atoms with Gasteiger partial charge >= 0.3 is 0 Å². The summed E-state index contributed by atoms with van der Waals surface area (Å²) < 4.78 is 10.8. The van der Waals surface area contributed by atoms with Crippen molar-refractivity contribution in [1.82, 2.24) is 0 Å². The average molecular weight is 318 g/mol. The standard InChI is InChI=1S/C20H14O4/c1-23-16-10-8-13-7-9-15-18(17(13)20(16)22)19(21)14(11-24-15)12-5-3-2-4-6-12/h2-11,22H,1H3. The first-order valence-corrected chi connectivity index (χ1v) is 7.50. The van der Waals surface area contributed by atoms with E-state index in [0.717, 1.165) is 10.9 Å². The number of ether oxygens (including phenoxy) is 1. The van der Waals surface area contributed by atoms with Crippen LogP contribution in [-0.2, 0) is 0 Å². The number of hydrogen-bond acceptors (Lipinski definition) is 4. The Kier molecular flexibility index (Phi) is 3.24. The predicted molar refractivity (Wildman–Crippen MR) is 93.6 cm³/mol. The molecule has 0 atom stereocenters. The summed E-state index contributed by atoms with van der Waals surface area (Å²) in [4.78, 5) is 13.1. The molecule has 0 unspecified atom stereocenters. The van der Waals surface area contributed by atoms with Crippen molar-refractivity contribution in [2.24, 2.45) is 0 Å². The minimum absolute atomic E-state index is 0.0573. The Morgan fingerprint density at radius 1 is 0.958 bits per heavy atom. The van der Waals surface area contributed by atoms with Crippen LogP contribution in [0.25, 0.3) is 32.9 Å². The quantitative estimate of drug-likeness (QED) is 0.559. The normalized spacial score (nSPS) is 11.0. The van der Waals surface area contributed by atoms with Crippen LogP contribution in [0.3, 0.4) is 0 Å². The van der Waals surface area contributed by atoms with Gasteiger partial charge in [0.1, 0.15) is 11.8 Å². The Balaban J connectivity index is 2.17. The van der Waals surface area contributed by atoms with E-state index >= 15 is 0 Å². The van der Waals surface area contributed by atoms with Gasteiger partial charge in [-0.1, -0.05) is 42.5 Å². The molecule has 0 spiro atoms. The van der Waals surface area contributed by atoms with Crippen LogP contribution in [0.1, 0.15) is 0 Å². The van der Waals surface area contributed by atoms with Gasteiger partial charge in [0.2, 0.25) is 5.43 Å². The zero-order chi connectivity index (χ0) is 16.7. The van der Waals surface area contributed by atoms with Crippen LogP contribution in [0.5, 0.6) is 11.5 Å². The molecule has 0 radical (unpaired) electrons. The number of rotatable bonds is 2. The molecule has 0 fully saturated rings. The van der Waals surface area contributed by atoms with Crippen LogP contribution < -0.4 is 10.2 Å². The predicted octanol–water partition coefficient (Wildman–Crippen LogP) is 4.33. The van der Waals surface area contributed by atoms with Gasteiger partial charge in [0.25, 0.3) is 0 Å². The van der Waals surface area contributed by atoms with Crippen LogP contribution in [0.15, 0.2) is 70.1 Å². The van der Waals surface area contributed by atoms with Crippen molar-refractivity contribution in [3.05, 3.63) is 71.1 Å². The first-order valence-electron chi connectivity index (χ1n) is 7.50. The number of phenols is 1. The molecule has 1 aromatic heterocycles. The molecule has 0 saturated heterocycles.